The minimum absolute atomic E-state index is 0.171. The van der Waals surface area contributed by atoms with Crippen molar-refractivity contribution >= 4 is 34.1 Å². The Kier molecular flexibility index (Phi) is 6.53. The summed E-state index contributed by atoms with van der Waals surface area (Å²) in [4.78, 5) is 33.8. The number of carbonyl (C=O) groups is 1. The number of pyridine rings is 1. The fraction of sp³-hybridized carbons (Fsp3) is 0.400. The molecule has 0 unspecified atom stereocenters. The first-order valence-corrected chi connectivity index (χ1v) is 11.7. The zero-order chi connectivity index (χ0) is 20.9. The van der Waals surface area contributed by atoms with Gasteiger partial charge in [-0.3, -0.25) is 19.7 Å². The van der Waals surface area contributed by atoms with E-state index >= 15 is 0 Å². The number of nitrogens with zero attached hydrogens (tertiary/aromatic N) is 5. The fourth-order valence-electron chi connectivity index (χ4n) is 3.42. The van der Waals surface area contributed by atoms with E-state index in [4.69, 9.17) is 0 Å². The molecule has 3 heterocycles. The van der Waals surface area contributed by atoms with E-state index < -0.39 is 0 Å². The third-order valence-corrected chi connectivity index (χ3v) is 6.85. The standard InChI is InChI=1S/C20H22N6O2S2/c1-2-17-24-25-19(30-17)22-16(27)12-29-18-14-8-3-4-9-15(14)26(20(28)23-18)11-13-7-5-6-10-21-13/h5-7,10H,2-4,8-9,11-12H2,1H3,(H,22,25,27). The van der Waals surface area contributed by atoms with Gasteiger partial charge in [0.25, 0.3) is 0 Å². The lowest BCUT2D eigenvalue weighted by molar-refractivity contribution is -0.113. The lowest BCUT2D eigenvalue weighted by Crippen LogP contribution is -2.31. The number of aryl methyl sites for hydroxylation is 1. The van der Waals surface area contributed by atoms with Crippen LogP contribution in [0.25, 0.3) is 0 Å². The molecule has 0 radical (unpaired) electrons. The molecule has 3 aromatic heterocycles. The molecule has 0 saturated heterocycles. The average molecular weight is 443 g/mol. The summed E-state index contributed by atoms with van der Waals surface area (Å²) in [5.74, 6) is -0.00713. The van der Waals surface area contributed by atoms with Gasteiger partial charge in [-0.25, -0.2) is 4.79 Å². The number of nitrogens with one attached hydrogen (secondary N) is 1. The number of hydrogen-bond acceptors (Lipinski definition) is 8. The van der Waals surface area contributed by atoms with Crippen LogP contribution in [0.5, 0.6) is 0 Å². The van der Waals surface area contributed by atoms with Gasteiger partial charge in [-0.15, -0.1) is 10.2 Å². The number of hydrogen-bond donors (Lipinski definition) is 1. The van der Waals surface area contributed by atoms with E-state index in [1.807, 2.05) is 25.1 Å². The van der Waals surface area contributed by atoms with Gasteiger partial charge in [0.15, 0.2) is 0 Å². The van der Waals surface area contributed by atoms with Crippen LogP contribution in [0.4, 0.5) is 5.13 Å². The van der Waals surface area contributed by atoms with Crippen molar-refractivity contribution in [1.82, 2.24) is 24.7 Å². The Labute approximate surface area is 182 Å². The Balaban J connectivity index is 1.51. The van der Waals surface area contributed by atoms with Gasteiger partial charge in [0.2, 0.25) is 11.0 Å². The highest BCUT2D eigenvalue weighted by molar-refractivity contribution is 8.00. The monoisotopic (exact) mass is 442 g/mol. The fourth-order valence-corrected chi connectivity index (χ4v) is 4.99. The van der Waals surface area contributed by atoms with Crippen LogP contribution >= 0.6 is 23.1 Å². The van der Waals surface area contributed by atoms with Crippen molar-refractivity contribution in [1.29, 1.82) is 0 Å². The first-order valence-electron chi connectivity index (χ1n) is 9.91. The van der Waals surface area contributed by atoms with Crippen molar-refractivity contribution in [2.24, 2.45) is 0 Å². The van der Waals surface area contributed by atoms with Gasteiger partial charge >= 0.3 is 5.69 Å². The van der Waals surface area contributed by atoms with Crippen LogP contribution in [0.15, 0.2) is 34.2 Å². The van der Waals surface area contributed by atoms with E-state index in [-0.39, 0.29) is 17.3 Å². The van der Waals surface area contributed by atoms with Gasteiger partial charge in [0.05, 0.1) is 18.0 Å². The summed E-state index contributed by atoms with van der Waals surface area (Å²) in [5.41, 5.74) is 2.64. The maximum Gasteiger partial charge on any atom is 0.349 e. The van der Waals surface area contributed by atoms with Crippen molar-refractivity contribution in [3.05, 3.63) is 56.8 Å². The first kappa shape index (κ1) is 20.7. The molecule has 10 heteroatoms. The van der Waals surface area contributed by atoms with Gasteiger partial charge in [-0.1, -0.05) is 36.1 Å². The van der Waals surface area contributed by atoms with E-state index in [9.17, 15) is 9.59 Å². The van der Waals surface area contributed by atoms with Crippen LogP contribution in [0.3, 0.4) is 0 Å². The summed E-state index contributed by atoms with van der Waals surface area (Å²) in [5, 5.41) is 12.8. The smallest absolute Gasteiger partial charge is 0.300 e. The molecule has 1 amide bonds. The first-order chi connectivity index (χ1) is 14.6. The van der Waals surface area contributed by atoms with E-state index in [1.165, 1.54) is 23.1 Å². The highest BCUT2D eigenvalue weighted by Gasteiger charge is 2.21. The van der Waals surface area contributed by atoms with Gasteiger partial charge in [-0.05, 0) is 44.2 Å². The second-order valence-electron chi connectivity index (χ2n) is 6.93. The molecule has 8 nitrogen and oxygen atoms in total. The molecule has 0 spiro atoms. The quantitative estimate of drug-likeness (QED) is 0.443. The lowest BCUT2D eigenvalue weighted by atomic mass is 9.97. The Morgan fingerprint density at radius 1 is 1.27 bits per heavy atom. The predicted octanol–water partition coefficient (Wildman–Crippen LogP) is 2.71. The van der Waals surface area contributed by atoms with Crippen LogP contribution in [-0.2, 0) is 30.6 Å². The summed E-state index contributed by atoms with van der Waals surface area (Å²) in [6, 6.07) is 5.68. The van der Waals surface area contributed by atoms with Crippen molar-refractivity contribution in [3.63, 3.8) is 0 Å². The van der Waals surface area contributed by atoms with Gasteiger partial charge < -0.3 is 0 Å². The minimum atomic E-state index is -0.291. The third-order valence-electron chi connectivity index (χ3n) is 4.85. The second-order valence-corrected chi connectivity index (χ2v) is 8.96. The Hall–Kier alpha value is -2.59. The molecule has 0 aliphatic heterocycles. The molecule has 0 bridgehead atoms. The van der Waals surface area contributed by atoms with Gasteiger partial charge in [0, 0.05) is 17.5 Å². The third kappa shape index (κ3) is 4.76. The predicted molar refractivity (Wildman–Crippen MR) is 117 cm³/mol. The highest BCUT2D eigenvalue weighted by Crippen LogP contribution is 2.29. The summed E-state index contributed by atoms with van der Waals surface area (Å²) in [6.07, 6.45) is 6.31. The minimum Gasteiger partial charge on any atom is -0.300 e. The maximum absolute atomic E-state index is 12.8. The van der Waals surface area contributed by atoms with Crippen molar-refractivity contribution in [3.8, 4) is 0 Å². The lowest BCUT2D eigenvalue weighted by Gasteiger charge is -2.22. The van der Waals surface area contributed by atoms with Gasteiger partial charge in [-0.2, -0.15) is 4.98 Å². The Morgan fingerprint density at radius 3 is 2.90 bits per heavy atom. The van der Waals surface area contributed by atoms with Crippen LogP contribution in [-0.4, -0.2) is 36.4 Å². The van der Waals surface area contributed by atoms with Crippen LogP contribution < -0.4 is 11.0 Å². The van der Waals surface area contributed by atoms with Crippen LogP contribution in [0.2, 0.25) is 0 Å². The maximum atomic E-state index is 12.8. The summed E-state index contributed by atoms with van der Waals surface area (Å²) < 4.78 is 1.73. The summed E-state index contributed by atoms with van der Waals surface area (Å²) in [7, 11) is 0. The molecule has 3 aromatic rings. The Bertz CT molecular complexity index is 1100. The van der Waals surface area contributed by atoms with Crippen molar-refractivity contribution in [2.45, 2.75) is 50.6 Å². The normalized spacial score (nSPS) is 13.1. The zero-order valence-electron chi connectivity index (χ0n) is 16.6. The molecule has 30 heavy (non-hydrogen) atoms. The van der Waals surface area contributed by atoms with Crippen LogP contribution in [0.1, 0.15) is 41.7 Å². The Morgan fingerprint density at radius 2 is 2.13 bits per heavy atom. The number of thioether (sulfide) groups is 1. The molecule has 1 N–H and O–H groups in total. The largest absolute Gasteiger partial charge is 0.349 e. The summed E-state index contributed by atoms with van der Waals surface area (Å²) >= 11 is 2.68. The molecule has 1 aliphatic rings. The molecule has 4 rings (SSSR count). The van der Waals surface area contributed by atoms with Crippen LogP contribution in [0, 0.1) is 0 Å². The second kappa shape index (κ2) is 9.48. The van der Waals surface area contributed by atoms with E-state index in [1.54, 1.807) is 10.8 Å². The van der Waals surface area contributed by atoms with Gasteiger partial charge in [0.1, 0.15) is 10.0 Å². The molecule has 0 saturated carbocycles. The highest BCUT2D eigenvalue weighted by atomic mass is 32.2. The SMILES string of the molecule is CCc1nnc(NC(=O)CSc2nc(=O)n(Cc3ccccn3)c3c2CCCC3)s1. The molecule has 0 atom stereocenters. The number of anilines is 1. The molecular formula is C20H22N6O2S2. The number of aromatic nitrogens is 5. The number of fused-ring (bicyclic) bond motifs is 1. The molecule has 156 valence electrons. The van der Waals surface area contributed by atoms with E-state index in [0.717, 1.165) is 54.1 Å². The molecule has 0 fully saturated rings. The average Bonchev–Trinajstić information content (AvgIpc) is 3.22. The molecule has 1 aliphatic carbocycles. The summed E-state index contributed by atoms with van der Waals surface area (Å²) in [6.45, 7) is 2.41. The molecule has 0 aromatic carbocycles. The van der Waals surface area contributed by atoms with E-state index in [0.29, 0.717) is 16.7 Å². The zero-order valence-corrected chi connectivity index (χ0v) is 18.3. The molecular weight excluding hydrogens is 420 g/mol. The van der Waals surface area contributed by atoms with E-state index in [2.05, 4.69) is 25.5 Å². The number of rotatable bonds is 7. The number of amides is 1. The van der Waals surface area contributed by atoms with Crippen molar-refractivity contribution < 1.29 is 4.79 Å². The topological polar surface area (TPSA) is 103 Å². The number of carbonyl (C=O) groups excluding carboxylic acids is 1. The van der Waals surface area contributed by atoms with Crippen molar-refractivity contribution in [2.75, 3.05) is 11.1 Å².